The largest absolute Gasteiger partial charge is 0.438 e. The predicted molar refractivity (Wildman–Crippen MR) is 74.1 cm³/mol. The van der Waals surface area contributed by atoms with Crippen molar-refractivity contribution in [1.82, 2.24) is 25.3 Å². The molecule has 0 amide bonds. The first-order chi connectivity index (χ1) is 10.2. The summed E-state index contributed by atoms with van der Waals surface area (Å²) < 4.78 is 6.94. The summed E-state index contributed by atoms with van der Waals surface area (Å²) in [6, 6.07) is 11.0. The Labute approximate surface area is 120 Å². The molecule has 7 nitrogen and oxygen atoms in total. The number of carbonyl (C=O) groups excluding carboxylic acids is 1. The Balaban J connectivity index is 1.70. The first-order valence-electron chi connectivity index (χ1n) is 6.52. The molecule has 0 spiro atoms. The van der Waals surface area contributed by atoms with Gasteiger partial charge < -0.3 is 9.53 Å². The van der Waals surface area contributed by atoms with E-state index in [4.69, 9.17) is 4.74 Å². The van der Waals surface area contributed by atoms with Gasteiger partial charge in [-0.15, -0.1) is 14.8 Å². The molecule has 0 unspecified atom stereocenters. The minimum Gasteiger partial charge on any atom is -0.438 e. The number of fused-ring (bicyclic) bond motifs is 1. The molecule has 106 valence electrons. The van der Waals surface area contributed by atoms with Crippen molar-refractivity contribution in [3.63, 3.8) is 0 Å². The Hall–Kier alpha value is -2.83. The van der Waals surface area contributed by atoms with E-state index >= 15 is 0 Å². The van der Waals surface area contributed by atoms with Crippen LogP contribution in [0.3, 0.4) is 0 Å². The maximum absolute atomic E-state index is 11.0. The van der Waals surface area contributed by atoms with Crippen molar-refractivity contribution >= 4 is 11.4 Å². The Morgan fingerprint density at radius 1 is 1.19 bits per heavy atom. The van der Waals surface area contributed by atoms with Crippen molar-refractivity contribution in [2.75, 3.05) is 0 Å². The van der Waals surface area contributed by atoms with Crippen LogP contribution in [0.25, 0.3) is 5.65 Å². The summed E-state index contributed by atoms with van der Waals surface area (Å²) >= 11 is 0. The molecule has 0 aliphatic heterocycles. The van der Waals surface area contributed by atoms with Gasteiger partial charge in [0.05, 0.1) is 0 Å². The lowest BCUT2D eigenvalue weighted by Crippen LogP contribution is -1.97. The lowest BCUT2D eigenvalue weighted by atomic mass is 10.1. The molecule has 21 heavy (non-hydrogen) atoms. The number of Topliss-reactive ketones (excluding diaryl/α,β-unsaturated/α-hetero) is 1. The molecule has 3 aromatic rings. The second-order valence-electron chi connectivity index (χ2n) is 4.65. The zero-order valence-electron chi connectivity index (χ0n) is 11.4. The van der Waals surface area contributed by atoms with Crippen LogP contribution in [0.4, 0.5) is 0 Å². The van der Waals surface area contributed by atoms with Crippen LogP contribution in [0.2, 0.25) is 0 Å². The molecule has 1 aromatic carbocycles. The molecule has 0 aliphatic rings. The van der Waals surface area contributed by atoms with Crippen LogP contribution in [-0.2, 0) is 11.2 Å². The van der Waals surface area contributed by atoms with E-state index in [-0.39, 0.29) is 5.78 Å². The third-order valence-electron chi connectivity index (χ3n) is 2.96. The summed E-state index contributed by atoms with van der Waals surface area (Å²) in [6.45, 7) is 1.60. The molecular weight excluding hydrogens is 270 g/mol. The van der Waals surface area contributed by atoms with Gasteiger partial charge in [0.15, 0.2) is 5.65 Å². The lowest BCUT2D eigenvalue weighted by Gasteiger charge is -2.05. The quantitative estimate of drug-likeness (QED) is 0.710. The van der Waals surface area contributed by atoms with E-state index in [0.717, 1.165) is 12.0 Å². The molecule has 0 saturated heterocycles. The molecule has 7 heteroatoms. The Morgan fingerprint density at radius 2 is 2.00 bits per heavy atom. The number of benzene rings is 1. The number of ether oxygens (including phenoxy) is 1. The summed E-state index contributed by atoms with van der Waals surface area (Å²) in [7, 11) is 0. The average molecular weight is 283 g/mol. The number of tetrazole rings is 1. The normalized spacial score (nSPS) is 10.7. The number of carbonyl (C=O) groups is 1. The maximum atomic E-state index is 11.0. The van der Waals surface area contributed by atoms with Crippen molar-refractivity contribution in [3.8, 4) is 11.6 Å². The van der Waals surface area contributed by atoms with E-state index in [1.165, 1.54) is 4.63 Å². The molecule has 0 saturated carbocycles. The van der Waals surface area contributed by atoms with Crippen molar-refractivity contribution < 1.29 is 9.53 Å². The Bertz CT molecular complexity index is 766. The van der Waals surface area contributed by atoms with Gasteiger partial charge in [0, 0.05) is 12.5 Å². The molecule has 0 bridgehead atoms. The van der Waals surface area contributed by atoms with Gasteiger partial charge >= 0.3 is 0 Å². The highest BCUT2D eigenvalue weighted by molar-refractivity contribution is 5.75. The monoisotopic (exact) mass is 283 g/mol. The molecule has 2 heterocycles. The number of aromatic nitrogens is 5. The summed E-state index contributed by atoms with van der Waals surface area (Å²) in [6.07, 6.45) is 1.29. The fourth-order valence-corrected chi connectivity index (χ4v) is 1.85. The summed E-state index contributed by atoms with van der Waals surface area (Å²) in [5.41, 5.74) is 1.66. The number of aryl methyl sites for hydroxylation is 1. The first kappa shape index (κ1) is 13.2. The maximum Gasteiger partial charge on any atom is 0.239 e. The van der Waals surface area contributed by atoms with Crippen molar-refractivity contribution in [2.45, 2.75) is 19.8 Å². The summed E-state index contributed by atoms with van der Waals surface area (Å²) in [4.78, 5) is 11.0. The highest BCUT2D eigenvalue weighted by atomic mass is 16.5. The van der Waals surface area contributed by atoms with Crippen LogP contribution in [-0.4, -0.2) is 31.0 Å². The van der Waals surface area contributed by atoms with Crippen LogP contribution in [0, 0.1) is 0 Å². The minimum absolute atomic E-state index is 0.189. The van der Waals surface area contributed by atoms with E-state index in [2.05, 4.69) is 20.6 Å². The molecule has 0 radical (unpaired) electrons. The SMILES string of the molecule is CC(=O)CCc1ccc(Oc2ccc3nnnn3n2)cc1. The van der Waals surface area contributed by atoms with E-state index in [1.54, 1.807) is 19.1 Å². The van der Waals surface area contributed by atoms with E-state index in [9.17, 15) is 4.79 Å². The van der Waals surface area contributed by atoms with Crippen molar-refractivity contribution in [2.24, 2.45) is 0 Å². The standard InChI is InChI=1S/C14H13N5O2/c1-10(20)2-3-11-4-6-12(7-5-11)21-14-9-8-13-15-17-18-19(13)16-14/h4-9H,2-3H2,1H3. The van der Waals surface area contributed by atoms with Crippen LogP contribution in [0.1, 0.15) is 18.9 Å². The van der Waals surface area contributed by atoms with Gasteiger partial charge in [-0.1, -0.05) is 12.1 Å². The Kier molecular flexibility index (Phi) is 3.55. The topological polar surface area (TPSA) is 82.3 Å². The molecular formula is C14H13N5O2. The minimum atomic E-state index is 0.189. The van der Waals surface area contributed by atoms with Crippen molar-refractivity contribution in [3.05, 3.63) is 42.0 Å². The highest BCUT2D eigenvalue weighted by Crippen LogP contribution is 2.20. The summed E-state index contributed by atoms with van der Waals surface area (Å²) in [5.74, 6) is 1.27. The van der Waals surface area contributed by atoms with E-state index in [1.807, 2.05) is 24.3 Å². The molecule has 0 fully saturated rings. The van der Waals surface area contributed by atoms with Gasteiger partial charge in [0.1, 0.15) is 11.5 Å². The third-order valence-corrected chi connectivity index (χ3v) is 2.96. The number of ketones is 1. The lowest BCUT2D eigenvalue weighted by molar-refractivity contribution is -0.116. The molecule has 0 N–H and O–H groups in total. The zero-order valence-corrected chi connectivity index (χ0v) is 11.4. The van der Waals surface area contributed by atoms with Crippen LogP contribution in [0.15, 0.2) is 36.4 Å². The highest BCUT2D eigenvalue weighted by Gasteiger charge is 2.03. The number of hydrogen-bond acceptors (Lipinski definition) is 6. The molecule has 3 rings (SSSR count). The van der Waals surface area contributed by atoms with Gasteiger partial charge in [0.2, 0.25) is 5.88 Å². The first-order valence-corrected chi connectivity index (χ1v) is 6.52. The van der Waals surface area contributed by atoms with E-state index < -0.39 is 0 Å². The number of rotatable bonds is 5. The fraction of sp³-hybridized carbons (Fsp3) is 0.214. The van der Waals surface area contributed by atoms with Gasteiger partial charge in [-0.3, -0.25) is 0 Å². The van der Waals surface area contributed by atoms with Crippen LogP contribution in [0.5, 0.6) is 11.6 Å². The molecule has 2 aromatic heterocycles. The van der Waals surface area contributed by atoms with Gasteiger partial charge in [-0.25, -0.2) is 0 Å². The van der Waals surface area contributed by atoms with E-state index in [0.29, 0.717) is 23.7 Å². The fourth-order valence-electron chi connectivity index (χ4n) is 1.85. The predicted octanol–water partition coefficient (Wildman–Crippen LogP) is 1.83. The molecule has 0 atom stereocenters. The smallest absolute Gasteiger partial charge is 0.239 e. The third kappa shape index (κ3) is 3.19. The summed E-state index contributed by atoms with van der Waals surface area (Å²) in [5, 5.41) is 15.1. The van der Waals surface area contributed by atoms with Gasteiger partial charge in [-0.05, 0) is 47.5 Å². The van der Waals surface area contributed by atoms with Gasteiger partial charge in [0.25, 0.3) is 0 Å². The zero-order chi connectivity index (χ0) is 14.7. The average Bonchev–Trinajstić information content (AvgIpc) is 2.94. The van der Waals surface area contributed by atoms with Crippen molar-refractivity contribution in [1.29, 1.82) is 0 Å². The number of hydrogen-bond donors (Lipinski definition) is 0. The second-order valence-corrected chi connectivity index (χ2v) is 4.65. The second kappa shape index (κ2) is 5.66. The van der Waals surface area contributed by atoms with Gasteiger partial charge in [-0.2, -0.15) is 0 Å². The van der Waals surface area contributed by atoms with Crippen LogP contribution >= 0.6 is 0 Å². The Morgan fingerprint density at radius 3 is 2.76 bits per heavy atom. The number of nitrogens with zero attached hydrogens (tertiary/aromatic N) is 5. The molecule has 0 aliphatic carbocycles. The van der Waals surface area contributed by atoms with Crippen LogP contribution < -0.4 is 4.74 Å².